The van der Waals surface area contributed by atoms with Gasteiger partial charge in [0.15, 0.2) is 0 Å². The second-order valence-electron chi connectivity index (χ2n) is 7.84. The summed E-state index contributed by atoms with van der Waals surface area (Å²) in [4.78, 5) is 16.5. The zero-order chi connectivity index (χ0) is 17.4. The molecule has 0 radical (unpaired) electrons. The van der Waals surface area contributed by atoms with Crippen molar-refractivity contribution in [3.8, 4) is 0 Å². The number of benzene rings is 1. The topological polar surface area (TPSA) is 23.6 Å². The summed E-state index contributed by atoms with van der Waals surface area (Å²) in [6, 6.07) is 7.84. The first kappa shape index (κ1) is 16.8. The number of halogens is 2. The number of nitrogens with zero attached hydrogens (tertiary/aromatic N) is 2. The molecule has 2 heterocycles. The van der Waals surface area contributed by atoms with Crippen LogP contribution >= 0.6 is 0 Å². The number of carbonyl (C=O) groups excluding carboxylic acids is 1. The minimum absolute atomic E-state index is 0.0370. The van der Waals surface area contributed by atoms with Crippen LogP contribution < -0.4 is 4.90 Å². The number of hydrogen-bond acceptors (Lipinski definition) is 2. The van der Waals surface area contributed by atoms with Crippen molar-refractivity contribution in [1.29, 1.82) is 0 Å². The Morgan fingerprint density at radius 2 is 1.92 bits per heavy atom. The second-order valence-corrected chi connectivity index (χ2v) is 7.84. The second kappa shape index (κ2) is 6.58. The van der Waals surface area contributed by atoms with Gasteiger partial charge in [-0.25, -0.2) is 8.78 Å². The van der Waals surface area contributed by atoms with Gasteiger partial charge in [-0.2, -0.15) is 0 Å². The number of rotatable bonds is 3. The Morgan fingerprint density at radius 3 is 2.72 bits per heavy atom. The van der Waals surface area contributed by atoms with Gasteiger partial charge in [0.1, 0.15) is 0 Å². The van der Waals surface area contributed by atoms with Gasteiger partial charge in [-0.05, 0) is 37.3 Å². The Hall–Kier alpha value is -1.65. The highest BCUT2D eigenvalue weighted by Gasteiger charge is 2.48. The van der Waals surface area contributed by atoms with E-state index in [2.05, 4.69) is 17.0 Å². The summed E-state index contributed by atoms with van der Waals surface area (Å²) in [5.74, 6) is -2.83. The van der Waals surface area contributed by atoms with E-state index in [1.165, 1.54) is 10.5 Å². The molecule has 3 aliphatic rings. The first-order chi connectivity index (χ1) is 12.0. The molecule has 1 saturated carbocycles. The highest BCUT2D eigenvalue weighted by molar-refractivity contribution is 5.80. The standard InChI is InChI=1S/C20H26F2N2O/c21-20(22)12-17(24(14-20)19(25)16-7-1-2-8-16)13-23-11-5-9-15-6-3-4-10-18(15)23/h3-4,6,10,16-17H,1-2,5,7-9,11-14H2/t17-/m0/s1. The zero-order valence-corrected chi connectivity index (χ0v) is 14.6. The number of carbonyl (C=O) groups is 1. The summed E-state index contributed by atoms with van der Waals surface area (Å²) in [5, 5.41) is 0. The Labute approximate surface area is 148 Å². The fourth-order valence-electron chi connectivity index (χ4n) is 4.78. The number of alkyl halides is 2. The predicted molar refractivity (Wildman–Crippen MR) is 94.0 cm³/mol. The van der Waals surface area contributed by atoms with Gasteiger partial charge in [-0.3, -0.25) is 4.79 Å². The van der Waals surface area contributed by atoms with E-state index < -0.39 is 12.5 Å². The molecule has 2 aliphatic heterocycles. The predicted octanol–water partition coefficient (Wildman–Crippen LogP) is 3.87. The van der Waals surface area contributed by atoms with Crippen LogP contribution in [0.2, 0.25) is 0 Å². The van der Waals surface area contributed by atoms with Crippen molar-refractivity contribution in [1.82, 2.24) is 4.90 Å². The third-order valence-electron chi connectivity index (χ3n) is 6.00. The highest BCUT2D eigenvalue weighted by Crippen LogP contribution is 2.37. The van der Waals surface area contributed by atoms with E-state index in [1.54, 1.807) is 0 Å². The van der Waals surface area contributed by atoms with E-state index in [9.17, 15) is 13.6 Å². The Kier molecular flexibility index (Phi) is 4.42. The molecule has 4 rings (SSSR count). The summed E-state index contributed by atoms with van der Waals surface area (Å²) in [5.41, 5.74) is 2.43. The SMILES string of the molecule is O=C(C1CCCC1)N1CC(F)(F)C[C@H]1CN1CCCc2ccccc21. The molecule has 1 aromatic rings. The summed E-state index contributed by atoms with van der Waals surface area (Å²) in [7, 11) is 0. The number of anilines is 1. The van der Waals surface area contributed by atoms with Crippen LogP contribution in [0.5, 0.6) is 0 Å². The van der Waals surface area contributed by atoms with Gasteiger partial charge in [-0.1, -0.05) is 31.0 Å². The number of likely N-dealkylation sites (tertiary alicyclic amines) is 1. The normalized spacial score (nSPS) is 26.1. The molecule has 0 N–H and O–H groups in total. The minimum atomic E-state index is -2.76. The van der Waals surface area contributed by atoms with Crippen molar-refractivity contribution >= 4 is 11.6 Å². The number of para-hydroxylation sites is 1. The Morgan fingerprint density at radius 1 is 1.16 bits per heavy atom. The first-order valence-corrected chi connectivity index (χ1v) is 9.55. The summed E-state index contributed by atoms with van der Waals surface area (Å²) in [6.07, 6.45) is 5.69. The molecule has 25 heavy (non-hydrogen) atoms. The van der Waals surface area contributed by atoms with Crippen LogP contribution in [0.25, 0.3) is 0 Å². The zero-order valence-electron chi connectivity index (χ0n) is 14.6. The monoisotopic (exact) mass is 348 g/mol. The molecular weight excluding hydrogens is 322 g/mol. The summed E-state index contributed by atoms with van der Waals surface area (Å²) in [6.45, 7) is 0.998. The molecule has 1 atom stereocenters. The van der Waals surface area contributed by atoms with Crippen LogP contribution in [0.3, 0.4) is 0 Å². The number of amides is 1. The highest BCUT2D eigenvalue weighted by atomic mass is 19.3. The van der Waals surface area contributed by atoms with E-state index in [0.717, 1.165) is 50.8 Å². The number of hydrogen-bond donors (Lipinski definition) is 0. The van der Waals surface area contributed by atoms with Crippen molar-refractivity contribution < 1.29 is 13.6 Å². The molecule has 1 saturated heterocycles. The lowest BCUT2D eigenvalue weighted by atomic mass is 10.0. The lowest BCUT2D eigenvalue weighted by Gasteiger charge is -2.36. The van der Waals surface area contributed by atoms with E-state index >= 15 is 0 Å². The molecule has 1 aliphatic carbocycles. The van der Waals surface area contributed by atoms with Crippen LogP contribution in [0, 0.1) is 5.92 Å². The third-order valence-corrected chi connectivity index (χ3v) is 6.00. The molecule has 0 aromatic heterocycles. The average molecular weight is 348 g/mol. The maximum atomic E-state index is 14.1. The lowest BCUT2D eigenvalue weighted by molar-refractivity contribution is -0.137. The van der Waals surface area contributed by atoms with E-state index in [1.807, 2.05) is 12.1 Å². The van der Waals surface area contributed by atoms with Gasteiger partial charge in [-0.15, -0.1) is 0 Å². The van der Waals surface area contributed by atoms with Crippen molar-refractivity contribution in [3.05, 3.63) is 29.8 Å². The van der Waals surface area contributed by atoms with Crippen molar-refractivity contribution in [3.63, 3.8) is 0 Å². The van der Waals surface area contributed by atoms with Crippen molar-refractivity contribution in [2.45, 2.75) is 56.9 Å². The third kappa shape index (κ3) is 3.38. The largest absolute Gasteiger partial charge is 0.369 e. The molecule has 136 valence electrons. The molecule has 0 unspecified atom stereocenters. The van der Waals surface area contributed by atoms with Crippen LogP contribution in [0.4, 0.5) is 14.5 Å². The number of aryl methyl sites for hydroxylation is 1. The lowest BCUT2D eigenvalue weighted by Crippen LogP contribution is -2.46. The average Bonchev–Trinajstić information content (AvgIpc) is 3.22. The molecule has 2 fully saturated rings. The van der Waals surface area contributed by atoms with E-state index in [4.69, 9.17) is 0 Å². The molecule has 0 bridgehead atoms. The Bertz CT molecular complexity index is 642. The van der Waals surface area contributed by atoms with Gasteiger partial charge in [0.2, 0.25) is 5.91 Å². The molecule has 5 heteroatoms. The van der Waals surface area contributed by atoms with Gasteiger partial charge in [0, 0.05) is 31.1 Å². The summed E-state index contributed by atoms with van der Waals surface area (Å²) < 4.78 is 28.3. The van der Waals surface area contributed by atoms with E-state index in [-0.39, 0.29) is 24.3 Å². The van der Waals surface area contributed by atoms with E-state index in [0.29, 0.717) is 6.54 Å². The van der Waals surface area contributed by atoms with Gasteiger partial charge in [0.05, 0.1) is 12.6 Å². The summed E-state index contributed by atoms with van der Waals surface area (Å²) >= 11 is 0. The first-order valence-electron chi connectivity index (χ1n) is 9.55. The molecule has 1 amide bonds. The van der Waals surface area contributed by atoms with Crippen LogP contribution in [-0.2, 0) is 11.2 Å². The molecular formula is C20H26F2N2O. The molecule has 1 aromatic carbocycles. The Balaban J connectivity index is 1.53. The maximum Gasteiger partial charge on any atom is 0.267 e. The molecule has 3 nitrogen and oxygen atoms in total. The van der Waals surface area contributed by atoms with Crippen molar-refractivity contribution in [2.24, 2.45) is 5.92 Å². The van der Waals surface area contributed by atoms with Gasteiger partial charge in [0.25, 0.3) is 5.92 Å². The fourth-order valence-corrected chi connectivity index (χ4v) is 4.78. The quantitative estimate of drug-likeness (QED) is 0.828. The van der Waals surface area contributed by atoms with Crippen molar-refractivity contribution in [2.75, 3.05) is 24.5 Å². The smallest absolute Gasteiger partial charge is 0.267 e. The van der Waals surface area contributed by atoms with Crippen LogP contribution in [0.15, 0.2) is 24.3 Å². The number of fused-ring (bicyclic) bond motifs is 1. The van der Waals surface area contributed by atoms with Crippen LogP contribution in [-0.4, -0.2) is 42.4 Å². The van der Waals surface area contributed by atoms with Crippen LogP contribution in [0.1, 0.15) is 44.1 Å². The minimum Gasteiger partial charge on any atom is -0.369 e. The maximum absolute atomic E-state index is 14.1. The molecule has 0 spiro atoms. The fraction of sp³-hybridized carbons (Fsp3) is 0.650. The van der Waals surface area contributed by atoms with Gasteiger partial charge >= 0.3 is 0 Å². The van der Waals surface area contributed by atoms with Gasteiger partial charge < -0.3 is 9.80 Å².